The molecule has 6 atom stereocenters. The minimum Gasteiger partial charge on any atom is -0.508 e. The van der Waals surface area contributed by atoms with Crippen molar-refractivity contribution < 1.29 is 39.0 Å². The summed E-state index contributed by atoms with van der Waals surface area (Å²) in [6.07, 6.45) is -8.46. The molecule has 0 aliphatic heterocycles. The lowest BCUT2D eigenvalue weighted by Crippen LogP contribution is -2.58. The number of nitrogens with one attached hydrogen (secondary N) is 5. The number of amides is 6. The van der Waals surface area contributed by atoms with Crippen LogP contribution in [-0.2, 0) is 35.3 Å². The SMILES string of the molecule is CC(N)=NC(NC(=O)C(N=C(N)N)NC(=O)C(N=C(N)N)NC(=O)C(NC(=O)C(O)N(Cc1ccc(O)cc1)c1ccc2ncccc2c1N)c1ccccc1)C(=O)NC(N=C(N)N)C(N)=O. The van der Waals surface area contributed by atoms with Gasteiger partial charge in [0.2, 0.25) is 36.8 Å². The van der Waals surface area contributed by atoms with Gasteiger partial charge in [-0.1, -0.05) is 42.5 Å². The average molecular weight is 927 g/mol. The van der Waals surface area contributed by atoms with Crippen LogP contribution in [0.15, 0.2) is 105 Å². The van der Waals surface area contributed by atoms with Gasteiger partial charge >= 0.3 is 0 Å². The van der Waals surface area contributed by atoms with Crippen LogP contribution < -0.4 is 83.1 Å². The third-order valence-corrected chi connectivity index (χ3v) is 8.91. The van der Waals surface area contributed by atoms with E-state index in [2.05, 4.69) is 51.5 Å². The summed E-state index contributed by atoms with van der Waals surface area (Å²) in [7, 11) is 0. The lowest BCUT2D eigenvalue weighted by atomic mass is 10.1. The molecule has 6 amide bonds. The quantitative estimate of drug-likeness (QED) is 0.0170. The van der Waals surface area contributed by atoms with Gasteiger partial charge in [0, 0.05) is 18.1 Å². The Balaban J connectivity index is 1.64. The number of carbonyl (C=O) groups is 6. The number of hydrogen-bond acceptors (Lipinski definition) is 15. The van der Waals surface area contributed by atoms with Crippen molar-refractivity contribution in [1.29, 1.82) is 0 Å². The highest BCUT2D eigenvalue weighted by atomic mass is 16.3. The van der Waals surface area contributed by atoms with Crippen LogP contribution in [0.4, 0.5) is 11.4 Å². The lowest BCUT2D eigenvalue weighted by Gasteiger charge is -2.32. The number of pyridine rings is 1. The van der Waals surface area contributed by atoms with E-state index in [1.165, 1.54) is 48.2 Å². The zero-order chi connectivity index (χ0) is 49.5. The molecular weight excluding hydrogens is 877 g/mol. The summed E-state index contributed by atoms with van der Waals surface area (Å²) in [6, 6.07) is 18.4. The molecule has 354 valence electrons. The number of primary amides is 1. The summed E-state index contributed by atoms with van der Waals surface area (Å²) in [6.45, 7) is 1.10. The van der Waals surface area contributed by atoms with Crippen LogP contribution in [-0.4, -0.2) is 105 Å². The van der Waals surface area contributed by atoms with E-state index in [0.717, 1.165) is 0 Å². The number of rotatable bonds is 20. The van der Waals surface area contributed by atoms with Crippen LogP contribution in [0.25, 0.3) is 10.9 Å². The van der Waals surface area contributed by atoms with Crippen LogP contribution in [0.5, 0.6) is 5.75 Å². The molecule has 4 rings (SSSR count). The number of benzene rings is 3. The van der Waals surface area contributed by atoms with E-state index < -0.39 is 90.3 Å². The Hall–Kier alpha value is -9.47. The van der Waals surface area contributed by atoms with Crippen molar-refractivity contribution in [3.8, 4) is 5.75 Å². The number of nitrogen functional groups attached to an aromatic ring is 1. The molecule has 67 heavy (non-hydrogen) atoms. The largest absolute Gasteiger partial charge is 0.508 e. The standard InChI is InChI=1S/C39H50N20O8/c1-17(40)50-28(32(63)52-27(26(42)61)56-37(43)44)54-34(65)30(58-39(47)48)55-33(64)29(57-38(45)46)53-31(62)25(19-6-3-2-4-7-19)51-35(66)36(67)59(16-18-9-11-20(60)12-10-18)23-14-13-22-21(24(23)41)8-5-15-49-22/h2-15,25,27-30,36,60,67H,16,41H2,1H3,(H2,40,50)(H2,42,61)(H,51,66)(H,52,63)(H,53,62)(H,54,65)(H,55,64)(H4,43,44,56)(H4,45,46,57)(H4,47,48,58). The Kier molecular flexibility index (Phi) is 17.0. The Labute approximate surface area is 380 Å². The second-order valence-corrected chi connectivity index (χ2v) is 14.1. The number of fused-ring (bicyclic) bond motifs is 1. The monoisotopic (exact) mass is 926 g/mol. The number of hydrogen-bond donors (Lipinski definition) is 16. The number of aliphatic imine (C=N–C) groups is 4. The molecule has 1 heterocycles. The van der Waals surface area contributed by atoms with Crippen LogP contribution in [0.2, 0.25) is 0 Å². The Morgan fingerprint density at radius 2 is 1.12 bits per heavy atom. The summed E-state index contributed by atoms with van der Waals surface area (Å²) >= 11 is 0. The van der Waals surface area contributed by atoms with Gasteiger partial charge in [-0.15, -0.1) is 0 Å². The molecule has 0 radical (unpaired) electrons. The van der Waals surface area contributed by atoms with Gasteiger partial charge in [0.05, 0.1) is 22.7 Å². The van der Waals surface area contributed by atoms with Crippen molar-refractivity contribution in [2.24, 2.45) is 65.8 Å². The topological polar surface area (TPSA) is 503 Å². The molecule has 0 aliphatic carbocycles. The first-order chi connectivity index (χ1) is 31.6. The molecule has 28 heteroatoms. The van der Waals surface area contributed by atoms with Crippen LogP contribution in [0, 0.1) is 0 Å². The molecule has 4 aromatic rings. The number of aliphatic hydroxyl groups excluding tert-OH is 1. The highest BCUT2D eigenvalue weighted by molar-refractivity contribution is 6.01. The molecule has 0 bridgehead atoms. The molecule has 28 nitrogen and oxygen atoms in total. The molecule has 3 aromatic carbocycles. The van der Waals surface area contributed by atoms with Crippen molar-refractivity contribution in [3.63, 3.8) is 0 Å². The fraction of sp³-hybridized carbons (Fsp3) is 0.205. The zero-order valence-electron chi connectivity index (χ0n) is 35.5. The predicted molar refractivity (Wildman–Crippen MR) is 245 cm³/mol. The Morgan fingerprint density at radius 3 is 1.64 bits per heavy atom. The highest BCUT2D eigenvalue weighted by Crippen LogP contribution is 2.33. The van der Waals surface area contributed by atoms with E-state index in [1.807, 2.05) is 0 Å². The highest BCUT2D eigenvalue weighted by Gasteiger charge is 2.35. The molecule has 0 saturated carbocycles. The van der Waals surface area contributed by atoms with E-state index >= 15 is 0 Å². The van der Waals surface area contributed by atoms with E-state index in [0.29, 0.717) is 16.5 Å². The van der Waals surface area contributed by atoms with Gasteiger partial charge in [-0.2, -0.15) is 0 Å². The third kappa shape index (κ3) is 14.3. The minimum absolute atomic E-state index is 0.0346. The van der Waals surface area contributed by atoms with E-state index in [1.54, 1.807) is 48.7 Å². The Bertz CT molecular complexity index is 2580. The molecule has 0 saturated heterocycles. The van der Waals surface area contributed by atoms with E-state index in [9.17, 15) is 39.0 Å². The number of aromatic hydroxyl groups is 1. The lowest BCUT2D eigenvalue weighted by molar-refractivity contribution is -0.136. The maximum absolute atomic E-state index is 14.2. The molecule has 0 fully saturated rings. The number of guanidine groups is 3. The fourth-order valence-corrected chi connectivity index (χ4v) is 5.97. The number of anilines is 2. The van der Waals surface area contributed by atoms with Crippen LogP contribution >= 0.6 is 0 Å². The third-order valence-electron chi connectivity index (χ3n) is 8.91. The number of nitrogens with zero attached hydrogens (tertiary/aromatic N) is 6. The van der Waals surface area contributed by atoms with Gasteiger partial charge < -0.3 is 93.3 Å². The maximum Gasteiger partial charge on any atom is 0.270 e. The number of amidine groups is 1. The molecule has 1 aromatic heterocycles. The number of aliphatic hydroxyl groups is 1. The van der Waals surface area contributed by atoms with Crippen molar-refractivity contribution in [2.45, 2.75) is 50.4 Å². The number of phenolic OH excluding ortho intramolecular Hbond substituents is 1. The van der Waals surface area contributed by atoms with Gasteiger partial charge in [-0.25, -0.2) is 20.0 Å². The van der Waals surface area contributed by atoms with Gasteiger partial charge in [-0.05, 0) is 54.4 Å². The summed E-state index contributed by atoms with van der Waals surface area (Å²) in [5.74, 6) is -9.81. The Morgan fingerprint density at radius 1 is 0.612 bits per heavy atom. The van der Waals surface area contributed by atoms with Crippen LogP contribution in [0.1, 0.15) is 24.1 Å². The molecular formula is C39H50N20O8. The number of phenols is 1. The van der Waals surface area contributed by atoms with Crippen molar-refractivity contribution in [3.05, 3.63) is 96.2 Å². The molecule has 25 N–H and O–H groups in total. The average Bonchev–Trinajstić information content (AvgIpc) is 3.26. The van der Waals surface area contributed by atoms with Gasteiger partial charge in [-0.3, -0.25) is 33.8 Å². The molecule has 0 spiro atoms. The van der Waals surface area contributed by atoms with Gasteiger partial charge in [0.15, 0.2) is 17.9 Å². The number of aromatic nitrogens is 1. The maximum atomic E-state index is 14.2. The first kappa shape index (κ1) is 50.2. The minimum atomic E-state index is -2.11. The van der Waals surface area contributed by atoms with Crippen LogP contribution in [0.3, 0.4) is 0 Å². The zero-order valence-corrected chi connectivity index (χ0v) is 35.5. The normalized spacial score (nSPS) is 13.7. The van der Waals surface area contributed by atoms with Gasteiger partial charge in [0.1, 0.15) is 11.8 Å². The van der Waals surface area contributed by atoms with E-state index in [4.69, 9.17) is 51.6 Å². The fourth-order valence-electron chi connectivity index (χ4n) is 5.97. The van der Waals surface area contributed by atoms with Crippen molar-refractivity contribution in [2.75, 3.05) is 10.6 Å². The second-order valence-electron chi connectivity index (χ2n) is 14.1. The summed E-state index contributed by atoms with van der Waals surface area (Å²) < 4.78 is 0. The van der Waals surface area contributed by atoms with Crippen molar-refractivity contribution >= 4 is 81.4 Å². The molecule has 6 unspecified atom stereocenters. The summed E-state index contributed by atoms with van der Waals surface area (Å²) in [5, 5.41) is 33.2. The smallest absolute Gasteiger partial charge is 0.270 e. The predicted octanol–water partition coefficient (Wildman–Crippen LogP) is -5.84. The first-order valence-corrected chi connectivity index (χ1v) is 19.4. The number of nitrogens with two attached hydrogens (primary N) is 9. The van der Waals surface area contributed by atoms with Gasteiger partial charge in [0.25, 0.3) is 29.5 Å². The van der Waals surface area contributed by atoms with Crippen molar-refractivity contribution in [1.82, 2.24) is 31.6 Å². The summed E-state index contributed by atoms with van der Waals surface area (Å²) in [5.41, 5.74) is 51.9. The second kappa shape index (κ2) is 22.8. The van der Waals surface area contributed by atoms with E-state index in [-0.39, 0.29) is 35.1 Å². The first-order valence-electron chi connectivity index (χ1n) is 19.4. The number of carbonyl (C=O) groups excluding carboxylic acids is 6. The molecule has 0 aliphatic rings. The summed E-state index contributed by atoms with van der Waals surface area (Å²) in [4.78, 5) is 101.